The molecule has 5 nitrogen and oxygen atoms in total. The van der Waals surface area contributed by atoms with Crippen LogP contribution in [0.4, 0.5) is 5.69 Å². The summed E-state index contributed by atoms with van der Waals surface area (Å²) in [6.07, 6.45) is 0. The fourth-order valence-corrected chi connectivity index (χ4v) is 2.20. The minimum atomic E-state index is -0.420. The molecule has 110 valence electrons. The topological polar surface area (TPSA) is 64.4 Å². The maximum atomic E-state index is 10.9. The van der Waals surface area contributed by atoms with Crippen molar-refractivity contribution in [3.63, 3.8) is 0 Å². The number of nitrogens with one attached hydrogen (secondary N) is 1. The third-order valence-corrected chi connectivity index (χ3v) is 3.24. The Morgan fingerprint density at radius 1 is 1.29 bits per heavy atom. The molecular weight excluding hydrogens is 292 g/mol. The normalized spacial score (nSPS) is 10.4. The molecule has 0 radical (unpaired) electrons. The second-order valence-corrected chi connectivity index (χ2v) is 4.88. The van der Waals surface area contributed by atoms with Gasteiger partial charge in [-0.3, -0.25) is 10.1 Å². The van der Waals surface area contributed by atoms with Crippen LogP contribution in [0.1, 0.15) is 11.1 Å². The van der Waals surface area contributed by atoms with E-state index in [-0.39, 0.29) is 12.3 Å². The van der Waals surface area contributed by atoms with Crippen LogP contribution in [-0.4, -0.2) is 12.0 Å². The summed E-state index contributed by atoms with van der Waals surface area (Å²) < 4.78 is 5.59. The van der Waals surface area contributed by atoms with Crippen LogP contribution in [0.5, 0.6) is 5.75 Å². The lowest BCUT2D eigenvalue weighted by Crippen LogP contribution is -2.05. The number of rotatable bonds is 6. The molecule has 0 atom stereocenters. The highest BCUT2D eigenvalue weighted by molar-refractivity contribution is 6.32. The Balaban J connectivity index is 2.12. The van der Waals surface area contributed by atoms with E-state index in [2.05, 4.69) is 5.32 Å². The number of nitro groups is 1. The molecule has 2 aromatic rings. The number of benzene rings is 2. The van der Waals surface area contributed by atoms with Crippen LogP contribution in [0.3, 0.4) is 0 Å². The van der Waals surface area contributed by atoms with Gasteiger partial charge in [0.25, 0.3) is 5.69 Å². The number of nitrogens with zero attached hydrogens (tertiary/aromatic N) is 1. The van der Waals surface area contributed by atoms with Crippen LogP contribution in [-0.2, 0) is 13.2 Å². The maximum Gasteiger partial charge on any atom is 0.276 e. The van der Waals surface area contributed by atoms with Crippen molar-refractivity contribution in [3.05, 3.63) is 68.7 Å². The summed E-state index contributed by atoms with van der Waals surface area (Å²) in [7, 11) is 1.85. The average molecular weight is 307 g/mol. The molecular formula is C15H15ClN2O3. The van der Waals surface area contributed by atoms with Gasteiger partial charge in [-0.05, 0) is 30.8 Å². The first-order chi connectivity index (χ1) is 10.1. The lowest BCUT2D eigenvalue weighted by Gasteiger charge is -2.10. The minimum Gasteiger partial charge on any atom is -0.487 e. The molecule has 0 bridgehead atoms. The summed E-state index contributed by atoms with van der Waals surface area (Å²) in [6, 6.07) is 12.0. The van der Waals surface area contributed by atoms with Crippen molar-refractivity contribution in [3.8, 4) is 5.75 Å². The van der Waals surface area contributed by atoms with E-state index in [1.807, 2.05) is 19.2 Å². The fraction of sp³-hybridized carbons (Fsp3) is 0.200. The first-order valence-electron chi connectivity index (χ1n) is 6.40. The van der Waals surface area contributed by atoms with Gasteiger partial charge < -0.3 is 10.1 Å². The Hall–Kier alpha value is -2.11. The summed E-state index contributed by atoms with van der Waals surface area (Å²) in [5.41, 5.74) is 1.60. The van der Waals surface area contributed by atoms with Gasteiger partial charge in [0, 0.05) is 12.6 Å². The van der Waals surface area contributed by atoms with E-state index in [0.717, 1.165) is 5.56 Å². The third kappa shape index (κ3) is 3.93. The Labute approximate surface area is 127 Å². The molecule has 1 N–H and O–H groups in total. The van der Waals surface area contributed by atoms with Crippen LogP contribution < -0.4 is 10.1 Å². The zero-order valence-corrected chi connectivity index (χ0v) is 12.3. The molecule has 0 aromatic heterocycles. The Morgan fingerprint density at radius 2 is 2.05 bits per heavy atom. The van der Waals surface area contributed by atoms with E-state index in [9.17, 15) is 10.1 Å². The van der Waals surface area contributed by atoms with Crippen molar-refractivity contribution < 1.29 is 9.66 Å². The summed E-state index contributed by atoms with van der Waals surface area (Å²) in [4.78, 5) is 10.5. The average Bonchev–Trinajstić information content (AvgIpc) is 2.47. The van der Waals surface area contributed by atoms with Gasteiger partial charge in [-0.25, -0.2) is 0 Å². The van der Waals surface area contributed by atoms with Gasteiger partial charge >= 0.3 is 0 Å². The largest absolute Gasteiger partial charge is 0.487 e. The molecule has 0 heterocycles. The number of hydrogen-bond donors (Lipinski definition) is 1. The van der Waals surface area contributed by atoms with Crippen molar-refractivity contribution in [2.45, 2.75) is 13.2 Å². The van der Waals surface area contributed by atoms with E-state index in [0.29, 0.717) is 22.9 Å². The molecule has 0 aliphatic carbocycles. The van der Waals surface area contributed by atoms with Gasteiger partial charge in [-0.15, -0.1) is 0 Å². The molecule has 0 aliphatic rings. The lowest BCUT2D eigenvalue weighted by atomic mass is 10.2. The van der Waals surface area contributed by atoms with Gasteiger partial charge in [0.15, 0.2) is 0 Å². The molecule has 0 fully saturated rings. The van der Waals surface area contributed by atoms with Crippen LogP contribution in [0.15, 0.2) is 42.5 Å². The number of para-hydroxylation sites is 1. The predicted molar refractivity (Wildman–Crippen MR) is 81.6 cm³/mol. The molecule has 0 spiro atoms. The summed E-state index contributed by atoms with van der Waals surface area (Å²) in [5, 5.41) is 14.5. The van der Waals surface area contributed by atoms with Crippen LogP contribution in [0.2, 0.25) is 5.02 Å². The highest BCUT2D eigenvalue weighted by Crippen LogP contribution is 2.27. The lowest BCUT2D eigenvalue weighted by molar-refractivity contribution is -0.385. The molecule has 0 amide bonds. The van der Waals surface area contributed by atoms with Gasteiger partial charge in [-0.2, -0.15) is 0 Å². The third-order valence-electron chi connectivity index (χ3n) is 2.95. The SMILES string of the molecule is CNCc1ccc(OCc2ccccc2[N+](=O)[O-])c(Cl)c1. The van der Waals surface area contributed by atoms with Crippen LogP contribution in [0.25, 0.3) is 0 Å². The molecule has 0 saturated heterocycles. The minimum absolute atomic E-state index is 0.0421. The van der Waals surface area contributed by atoms with E-state index in [1.165, 1.54) is 6.07 Å². The summed E-state index contributed by atoms with van der Waals surface area (Å²) >= 11 is 6.15. The Morgan fingerprint density at radius 3 is 2.71 bits per heavy atom. The Kier molecular flexibility index (Phi) is 5.14. The van der Waals surface area contributed by atoms with Gasteiger partial charge in [0.05, 0.1) is 15.5 Å². The second kappa shape index (κ2) is 7.06. The van der Waals surface area contributed by atoms with E-state index >= 15 is 0 Å². The first kappa shape index (κ1) is 15.3. The number of halogens is 1. The molecule has 21 heavy (non-hydrogen) atoms. The zero-order valence-electron chi connectivity index (χ0n) is 11.5. The van der Waals surface area contributed by atoms with E-state index in [4.69, 9.17) is 16.3 Å². The number of hydrogen-bond acceptors (Lipinski definition) is 4. The number of nitro benzene ring substituents is 1. The van der Waals surface area contributed by atoms with Crippen molar-refractivity contribution in [1.82, 2.24) is 5.32 Å². The zero-order chi connectivity index (χ0) is 15.2. The van der Waals surface area contributed by atoms with Crippen molar-refractivity contribution >= 4 is 17.3 Å². The monoisotopic (exact) mass is 306 g/mol. The molecule has 6 heteroatoms. The Bertz CT molecular complexity index is 647. The quantitative estimate of drug-likeness (QED) is 0.655. The fourth-order valence-electron chi connectivity index (χ4n) is 1.94. The molecule has 2 aromatic carbocycles. The van der Waals surface area contributed by atoms with Crippen LogP contribution >= 0.6 is 11.6 Å². The summed E-state index contributed by atoms with van der Waals surface area (Å²) in [6.45, 7) is 0.812. The smallest absolute Gasteiger partial charge is 0.276 e. The van der Waals surface area contributed by atoms with Gasteiger partial charge in [0.2, 0.25) is 0 Å². The van der Waals surface area contributed by atoms with E-state index in [1.54, 1.807) is 24.3 Å². The van der Waals surface area contributed by atoms with Crippen LogP contribution in [0, 0.1) is 10.1 Å². The van der Waals surface area contributed by atoms with Crippen molar-refractivity contribution in [2.75, 3.05) is 7.05 Å². The molecule has 2 rings (SSSR count). The van der Waals surface area contributed by atoms with Gasteiger partial charge in [0.1, 0.15) is 12.4 Å². The molecule has 0 unspecified atom stereocenters. The van der Waals surface area contributed by atoms with E-state index < -0.39 is 4.92 Å². The standard InChI is InChI=1S/C15H15ClN2O3/c1-17-9-11-6-7-15(13(16)8-11)21-10-12-4-2-3-5-14(12)18(19)20/h2-8,17H,9-10H2,1H3. The molecule has 0 aliphatic heterocycles. The van der Waals surface area contributed by atoms with Crippen molar-refractivity contribution in [1.29, 1.82) is 0 Å². The summed E-state index contributed by atoms with van der Waals surface area (Å²) in [5.74, 6) is 0.509. The highest BCUT2D eigenvalue weighted by Gasteiger charge is 2.13. The van der Waals surface area contributed by atoms with Gasteiger partial charge in [-0.1, -0.05) is 29.8 Å². The first-order valence-corrected chi connectivity index (χ1v) is 6.77. The highest BCUT2D eigenvalue weighted by atomic mass is 35.5. The maximum absolute atomic E-state index is 10.9. The van der Waals surface area contributed by atoms with Crippen molar-refractivity contribution in [2.24, 2.45) is 0 Å². The predicted octanol–water partition coefficient (Wildman–Crippen LogP) is 3.55. The molecule has 0 saturated carbocycles. The second-order valence-electron chi connectivity index (χ2n) is 4.47. The number of ether oxygens (including phenoxy) is 1.